The molecule has 0 amide bonds. The minimum absolute atomic E-state index is 0.0815. The second-order valence-corrected chi connectivity index (χ2v) is 7.24. The van der Waals surface area contributed by atoms with E-state index in [4.69, 9.17) is 0 Å². The minimum atomic E-state index is 0.0815. The van der Waals surface area contributed by atoms with E-state index in [1.54, 1.807) is 6.20 Å². The fourth-order valence-electron chi connectivity index (χ4n) is 3.86. The zero-order chi connectivity index (χ0) is 18.5. The van der Waals surface area contributed by atoms with E-state index in [1.807, 2.05) is 42.6 Å². The molecule has 0 saturated carbocycles. The van der Waals surface area contributed by atoms with Crippen molar-refractivity contribution < 1.29 is 4.79 Å². The monoisotopic (exact) mass is 356 g/mol. The number of Topliss-reactive ketones (excluding diaryl/α,β-unsaturated/α-hetero) is 1. The lowest BCUT2D eigenvalue weighted by atomic mass is 9.89. The zero-order valence-corrected chi connectivity index (χ0v) is 15.4. The topological polar surface area (TPSA) is 33.2 Å². The highest BCUT2D eigenvalue weighted by atomic mass is 16.1. The van der Waals surface area contributed by atoms with Crippen LogP contribution >= 0.6 is 0 Å². The first kappa shape index (κ1) is 17.6. The number of carbonyl (C=O) groups excluding carboxylic acids is 1. The molecule has 1 fully saturated rings. The van der Waals surface area contributed by atoms with Crippen molar-refractivity contribution in [1.82, 2.24) is 9.88 Å². The van der Waals surface area contributed by atoms with Gasteiger partial charge in [-0.05, 0) is 42.1 Å². The SMILES string of the molecule is O=C(c1ccc(-c2ccccc2)cc1)[C@H]1CCCN(Cc2cccnc2)C1. The Morgan fingerprint density at radius 1 is 0.963 bits per heavy atom. The van der Waals surface area contributed by atoms with Crippen molar-refractivity contribution in [2.24, 2.45) is 5.92 Å². The average molecular weight is 356 g/mol. The van der Waals surface area contributed by atoms with Crippen LogP contribution in [0.5, 0.6) is 0 Å². The molecule has 1 saturated heterocycles. The summed E-state index contributed by atoms with van der Waals surface area (Å²) in [6.45, 7) is 2.74. The highest BCUT2D eigenvalue weighted by Gasteiger charge is 2.26. The van der Waals surface area contributed by atoms with Crippen molar-refractivity contribution >= 4 is 5.78 Å². The molecular formula is C24H24N2O. The van der Waals surface area contributed by atoms with Crippen molar-refractivity contribution in [2.45, 2.75) is 19.4 Å². The predicted octanol–water partition coefficient (Wildman–Crippen LogP) is 4.84. The van der Waals surface area contributed by atoms with Gasteiger partial charge in [0.05, 0.1) is 0 Å². The summed E-state index contributed by atoms with van der Waals surface area (Å²) < 4.78 is 0. The molecule has 3 aromatic rings. The summed E-state index contributed by atoms with van der Waals surface area (Å²) in [5, 5.41) is 0. The van der Waals surface area contributed by atoms with E-state index in [0.717, 1.165) is 43.6 Å². The number of pyridine rings is 1. The molecule has 1 aromatic heterocycles. The lowest BCUT2D eigenvalue weighted by Crippen LogP contribution is -2.38. The Hall–Kier alpha value is -2.78. The smallest absolute Gasteiger partial charge is 0.167 e. The standard InChI is InChI=1S/C24H24N2O/c27-24(22-12-10-21(11-13-22)20-7-2-1-3-8-20)23-9-5-15-26(18-23)17-19-6-4-14-25-16-19/h1-4,6-8,10-14,16,23H,5,9,15,17-18H2/t23-/m0/s1. The van der Waals surface area contributed by atoms with E-state index >= 15 is 0 Å². The van der Waals surface area contributed by atoms with Crippen LogP contribution < -0.4 is 0 Å². The minimum Gasteiger partial charge on any atom is -0.298 e. The van der Waals surface area contributed by atoms with Gasteiger partial charge in [-0.2, -0.15) is 0 Å². The van der Waals surface area contributed by atoms with Crippen molar-refractivity contribution in [2.75, 3.05) is 13.1 Å². The Morgan fingerprint density at radius 2 is 1.74 bits per heavy atom. The molecule has 0 aliphatic carbocycles. The molecule has 27 heavy (non-hydrogen) atoms. The number of likely N-dealkylation sites (tertiary alicyclic amines) is 1. The van der Waals surface area contributed by atoms with Crippen LogP contribution in [0.25, 0.3) is 11.1 Å². The maximum Gasteiger partial charge on any atom is 0.167 e. The summed E-state index contributed by atoms with van der Waals surface area (Å²) in [6.07, 6.45) is 5.75. The molecule has 3 heteroatoms. The van der Waals surface area contributed by atoms with Gasteiger partial charge in [-0.25, -0.2) is 0 Å². The molecule has 4 rings (SSSR count). The van der Waals surface area contributed by atoms with Gasteiger partial charge in [-0.15, -0.1) is 0 Å². The molecule has 0 spiro atoms. The summed E-state index contributed by atoms with van der Waals surface area (Å²) in [7, 11) is 0. The summed E-state index contributed by atoms with van der Waals surface area (Å²) in [4.78, 5) is 19.6. The van der Waals surface area contributed by atoms with Gasteiger partial charge < -0.3 is 0 Å². The van der Waals surface area contributed by atoms with Gasteiger partial charge in [0.15, 0.2) is 5.78 Å². The molecule has 1 aliphatic rings. The lowest BCUT2D eigenvalue weighted by Gasteiger charge is -2.32. The van der Waals surface area contributed by atoms with Gasteiger partial charge in [-0.3, -0.25) is 14.7 Å². The van der Waals surface area contributed by atoms with Gasteiger partial charge in [0.1, 0.15) is 0 Å². The number of piperidine rings is 1. The van der Waals surface area contributed by atoms with E-state index < -0.39 is 0 Å². The first-order valence-electron chi connectivity index (χ1n) is 9.60. The van der Waals surface area contributed by atoms with Crippen LogP contribution in [0.2, 0.25) is 0 Å². The normalized spacial score (nSPS) is 17.6. The zero-order valence-electron chi connectivity index (χ0n) is 15.4. The molecule has 1 atom stereocenters. The Kier molecular flexibility index (Phi) is 5.40. The first-order chi connectivity index (χ1) is 13.3. The lowest BCUT2D eigenvalue weighted by molar-refractivity contribution is 0.0811. The van der Waals surface area contributed by atoms with Crippen LogP contribution in [0.1, 0.15) is 28.8 Å². The molecule has 0 N–H and O–H groups in total. The number of hydrogen-bond acceptors (Lipinski definition) is 3. The van der Waals surface area contributed by atoms with Crippen LogP contribution in [0.4, 0.5) is 0 Å². The van der Waals surface area contributed by atoms with Crippen molar-refractivity contribution in [1.29, 1.82) is 0 Å². The second kappa shape index (κ2) is 8.28. The molecule has 2 aromatic carbocycles. The summed E-state index contributed by atoms with van der Waals surface area (Å²) >= 11 is 0. The molecule has 0 unspecified atom stereocenters. The number of benzene rings is 2. The van der Waals surface area contributed by atoms with Crippen molar-refractivity contribution in [3.05, 3.63) is 90.3 Å². The largest absolute Gasteiger partial charge is 0.298 e. The van der Waals surface area contributed by atoms with E-state index in [9.17, 15) is 4.79 Å². The molecular weight excluding hydrogens is 332 g/mol. The van der Waals surface area contributed by atoms with Crippen molar-refractivity contribution in [3.8, 4) is 11.1 Å². The Bertz CT molecular complexity index is 875. The maximum atomic E-state index is 13.0. The van der Waals surface area contributed by atoms with Gasteiger partial charge >= 0.3 is 0 Å². The van der Waals surface area contributed by atoms with E-state index in [2.05, 4.69) is 40.2 Å². The third-order valence-electron chi connectivity index (χ3n) is 5.28. The number of hydrogen-bond donors (Lipinski definition) is 0. The highest BCUT2D eigenvalue weighted by molar-refractivity contribution is 5.98. The third-order valence-corrected chi connectivity index (χ3v) is 5.28. The van der Waals surface area contributed by atoms with Crippen LogP contribution in [-0.4, -0.2) is 28.8 Å². The highest BCUT2D eigenvalue weighted by Crippen LogP contribution is 2.24. The molecule has 3 nitrogen and oxygen atoms in total. The number of ketones is 1. The predicted molar refractivity (Wildman–Crippen MR) is 108 cm³/mol. The number of aromatic nitrogens is 1. The van der Waals surface area contributed by atoms with Gasteiger partial charge in [0.2, 0.25) is 0 Å². The fourth-order valence-corrected chi connectivity index (χ4v) is 3.86. The van der Waals surface area contributed by atoms with Crippen LogP contribution in [-0.2, 0) is 6.54 Å². The summed E-state index contributed by atoms with van der Waals surface area (Å²) in [6, 6.07) is 22.4. The van der Waals surface area contributed by atoms with Gasteiger partial charge in [0, 0.05) is 37.0 Å². The van der Waals surface area contributed by atoms with Gasteiger partial charge in [-0.1, -0.05) is 60.7 Å². The molecule has 0 bridgehead atoms. The summed E-state index contributed by atoms with van der Waals surface area (Å²) in [5.41, 5.74) is 4.35. The molecule has 1 aliphatic heterocycles. The van der Waals surface area contributed by atoms with E-state index in [1.165, 1.54) is 11.1 Å². The Balaban J connectivity index is 1.42. The summed E-state index contributed by atoms with van der Waals surface area (Å²) in [5.74, 6) is 0.350. The number of nitrogens with zero attached hydrogens (tertiary/aromatic N) is 2. The van der Waals surface area contributed by atoms with E-state index in [0.29, 0.717) is 0 Å². The number of rotatable bonds is 5. The number of carbonyl (C=O) groups is 1. The van der Waals surface area contributed by atoms with E-state index in [-0.39, 0.29) is 11.7 Å². The quantitative estimate of drug-likeness (QED) is 0.613. The Labute approximate surface area is 160 Å². The fraction of sp³-hybridized carbons (Fsp3) is 0.250. The van der Waals surface area contributed by atoms with Crippen LogP contribution in [0, 0.1) is 5.92 Å². The average Bonchev–Trinajstić information content (AvgIpc) is 2.75. The van der Waals surface area contributed by atoms with Gasteiger partial charge in [0.25, 0.3) is 0 Å². The molecule has 136 valence electrons. The third kappa shape index (κ3) is 4.32. The van der Waals surface area contributed by atoms with Crippen LogP contribution in [0.3, 0.4) is 0 Å². The van der Waals surface area contributed by atoms with Crippen molar-refractivity contribution in [3.63, 3.8) is 0 Å². The Morgan fingerprint density at radius 3 is 2.48 bits per heavy atom. The second-order valence-electron chi connectivity index (χ2n) is 7.24. The van der Waals surface area contributed by atoms with Crippen LogP contribution in [0.15, 0.2) is 79.1 Å². The molecule has 0 radical (unpaired) electrons. The molecule has 2 heterocycles. The first-order valence-corrected chi connectivity index (χ1v) is 9.60. The maximum absolute atomic E-state index is 13.0.